The molecule has 0 unspecified atom stereocenters. The van der Waals surface area contributed by atoms with Gasteiger partial charge in [-0.1, -0.05) is 6.07 Å². The summed E-state index contributed by atoms with van der Waals surface area (Å²) in [5, 5.41) is 2.59. The molecular weight excluding hydrogens is 500 g/mol. The topological polar surface area (TPSA) is 129 Å². The van der Waals surface area contributed by atoms with Crippen LogP contribution in [0.25, 0.3) is 0 Å². The van der Waals surface area contributed by atoms with E-state index in [1.807, 2.05) is 19.9 Å². The number of ether oxygens (including phenoxy) is 4. The van der Waals surface area contributed by atoms with Crippen molar-refractivity contribution in [3.05, 3.63) is 71.3 Å². The number of benzene rings is 3. The molecule has 0 atom stereocenters. The average Bonchev–Trinajstić information content (AvgIpc) is 2.86. The van der Waals surface area contributed by atoms with E-state index in [1.165, 1.54) is 57.7 Å². The highest BCUT2D eigenvalue weighted by molar-refractivity contribution is 7.92. The summed E-state index contributed by atoms with van der Waals surface area (Å²) in [4.78, 5) is 24.7. The van der Waals surface area contributed by atoms with Gasteiger partial charge in [0.25, 0.3) is 15.9 Å². The minimum atomic E-state index is -3.81. The van der Waals surface area contributed by atoms with Gasteiger partial charge in [-0.2, -0.15) is 0 Å². The van der Waals surface area contributed by atoms with E-state index in [4.69, 9.17) is 18.9 Å². The summed E-state index contributed by atoms with van der Waals surface area (Å²) in [6.45, 7) is 3.37. The molecule has 0 spiro atoms. The van der Waals surface area contributed by atoms with Crippen molar-refractivity contribution < 1.29 is 37.0 Å². The Labute approximate surface area is 215 Å². The highest BCUT2D eigenvalue weighted by atomic mass is 32.2. The van der Waals surface area contributed by atoms with Crippen LogP contribution in [0.1, 0.15) is 21.5 Å². The summed E-state index contributed by atoms with van der Waals surface area (Å²) in [7, 11) is 0.243. The van der Waals surface area contributed by atoms with Gasteiger partial charge in [0.15, 0.2) is 18.1 Å². The minimum Gasteiger partial charge on any atom is -0.493 e. The molecule has 0 aliphatic heterocycles. The first kappa shape index (κ1) is 27.3. The van der Waals surface area contributed by atoms with E-state index in [1.54, 1.807) is 12.1 Å². The zero-order chi connectivity index (χ0) is 27.2. The predicted molar refractivity (Wildman–Crippen MR) is 138 cm³/mol. The predicted octanol–water partition coefficient (Wildman–Crippen LogP) is 3.93. The molecule has 0 saturated carbocycles. The maximum absolute atomic E-state index is 12.7. The van der Waals surface area contributed by atoms with Crippen LogP contribution < -0.4 is 24.2 Å². The maximum Gasteiger partial charge on any atom is 0.340 e. The molecule has 3 aromatic carbocycles. The fourth-order valence-electron chi connectivity index (χ4n) is 3.56. The normalized spacial score (nSPS) is 10.8. The van der Waals surface area contributed by atoms with Crippen LogP contribution >= 0.6 is 0 Å². The van der Waals surface area contributed by atoms with Crippen molar-refractivity contribution in [3.63, 3.8) is 0 Å². The molecule has 0 aliphatic carbocycles. The van der Waals surface area contributed by atoms with Gasteiger partial charge in [-0.05, 0) is 61.4 Å². The molecule has 2 N–H and O–H groups in total. The van der Waals surface area contributed by atoms with Crippen molar-refractivity contribution in [2.75, 3.05) is 38.0 Å². The molecule has 0 aliphatic rings. The van der Waals surface area contributed by atoms with Gasteiger partial charge < -0.3 is 24.3 Å². The quantitative estimate of drug-likeness (QED) is 0.379. The Bertz CT molecular complexity index is 1380. The van der Waals surface area contributed by atoms with E-state index in [9.17, 15) is 18.0 Å². The van der Waals surface area contributed by atoms with E-state index in [-0.39, 0.29) is 21.9 Å². The minimum absolute atomic E-state index is 0.0384. The maximum atomic E-state index is 12.7. The molecular formula is C26H28N2O8S. The molecule has 3 rings (SSSR count). The number of hydrogen-bond acceptors (Lipinski definition) is 8. The lowest BCUT2D eigenvalue weighted by Gasteiger charge is -2.15. The largest absolute Gasteiger partial charge is 0.493 e. The summed E-state index contributed by atoms with van der Waals surface area (Å²) in [5.41, 5.74) is 2.56. The molecule has 0 bridgehead atoms. The molecule has 10 nitrogen and oxygen atoms in total. The van der Waals surface area contributed by atoms with Gasteiger partial charge in [0.05, 0.1) is 37.5 Å². The lowest BCUT2D eigenvalue weighted by molar-refractivity contribution is -0.118. The molecule has 0 aromatic heterocycles. The van der Waals surface area contributed by atoms with Gasteiger partial charge in [0.1, 0.15) is 5.75 Å². The summed E-state index contributed by atoms with van der Waals surface area (Å²) in [5.74, 6) is -0.369. The van der Waals surface area contributed by atoms with Crippen LogP contribution in [-0.4, -0.2) is 48.2 Å². The number of sulfonamides is 1. The zero-order valence-electron chi connectivity index (χ0n) is 21.1. The van der Waals surface area contributed by atoms with Crippen molar-refractivity contribution in [1.29, 1.82) is 0 Å². The number of carbonyl (C=O) groups is 2. The van der Waals surface area contributed by atoms with E-state index in [0.29, 0.717) is 17.2 Å². The number of methoxy groups -OCH3 is 3. The number of nitrogens with one attached hydrogen (secondary N) is 2. The van der Waals surface area contributed by atoms with Gasteiger partial charge in [-0.3, -0.25) is 9.52 Å². The number of hydrogen-bond donors (Lipinski definition) is 2. The van der Waals surface area contributed by atoms with Gasteiger partial charge in [0, 0.05) is 17.8 Å². The molecule has 0 fully saturated rings. The third kappa shape index (κ3) is 6.91. The third-order valence-corrected chi connectivity index (χ3v) is 6.58. The van der Waals surface area contributed by atoms with Crippen molar-refractivity contribution in [3.8, 4) is 17.2 Å². The Morgan fingerprint density at radius 2 is 1.43 bits per heavy atom. The Morgan fingerprint density at radius 3 is 2.00 bits per heavy atom. The molecule has 37 heavy (non-hydrogen) atoms. The van der Waals surface area contributed by atoms with Crippen LogP contribution in [0.3, 0.4) is 0 Å². The van der Waals surface area contributed by atoms with E-state index >= 15 is 0 Å². The fourth-order valence-corrected chi connectivity index (χ4v) is 4.60. The first-order valence-corrected chi connectivity index (χ1v) is 12.5. The van der Waals surface area contributed by atoms with Gasteiger partial charge >= 0.3 is 5.97 Å². The molecule has 0 heterocycles. The van der Waals surface area contributed by atoms with Crippen LogP contribution in [0, 0.1) is 13.8 Å². The van der Waals surface area contributed by atoms with Gasteiger partial charge in [-0.15, -0.1) is 0 Å². The van der Waals surface area contributed by atoms with E-state index in [0.717, 1.165) is 11.1 Å². The second-order valence-corrected chi connectivity index (χ2v) is 9.72. The van der Waals surface area contributed by atoms with Crippen molar-refractivity contribution in [1.82, 2.24) is 0 Å². The lowest BCUT2D eigenvalue weighted by Crippen LogP contribution is -2.22. The van der Waals surface area contributed by atoms with Crippen molar-refractivity contribution in [2.24, 2.45) is 0 Å². The molecule has 0 radical (unpaired) electrons. The van der Waals surface area contributed by atoms with Gasteiger partial charge in [0.2, 0.25) is 0 Å². The Morgan fingerprint density at radius 1 is 0.838 bits per heavy atom. The Kier molecular flexibility index (Phi) is 8.61. The standard InChI is InChI=1S/C26H28N2O8S/c1-16-10-17(2)12-18(11-16)28-37(31,32)20-8-6-19(7-9-20)36-15-25(29)27-22-14-24(34-4)23(33-3)13-21(22)26(30)35-5/h6-14,28H,15H2,1-5H3,(H,27,29). The smallest absolute Gasteiger partial charge is 0.340 e. The van der Waals surface area contributed by atoms with Crippen LogP contribution in [0.15, 0.2) is 59.5 Å². The Hall–Kier alpha value is -4.25. The van der Waals surface area contributed by atoms with Crippen molar-refractivity contribution >= 4 is 33.3 Å². The zero-order valence-corrected chi connectivity index (χ0v) is 21.9. The molecule has 0 saturated heterocycles. The SMILES string of the molecule is COC(=O)c1cc(OC)c(OC)cc1NC(=O)COc1ccc(S(=O)(=O)Nc2cc(C)cc(C)c2)cc1. The van der Waals surface area contributed by atoms with E-state index in [2.05, 4.69) is 10.0 Å². The number of anilines is 2. The van der Waals surface area contributed by atoms with Crippen LogP contribution in [0.2, 0.25) is 0 Å². The number of amides is 1. The summed E-state index contributed by atoms with van der Waals surface area (Å²) in [6, 6.07) is 13.9. The second kappa shape index (κ2) is 11.7. The number of rotatable bonds is 10. The van der Waals surface area contributed by atoms with Crippen molar-refractivity contribution in [2.45, 2.75) is 18.7 Å². The third-order valence-electron chi connectivity index (χ3n) is 5.18. The van der Waals surface area contributed by atoms with Crippen LogP contribution in [-0.2, 0) is 19.6 Å². The number of esters is 1. The Balaban J connectivity index is 1.67. The summed E-state index contributed by atoms with van der Waals surface area (Å²) in [6.07, 6.45) is 0. The van der Waals surface area contributed by atoms with Crippen LogP contribution in [0.4, 0.5) is 11.4 Å². The summed E-state index contributed by atoms with van der Waals surface area (Å²) >= 11 is 0. The molecule has 196 valence electrons. The monoisotopic (exact) mass is 528 g/mol. The fraction of sp³-hybridized carbons (Fsp3) is 0.231. The first-order chi connectivity index (χ1) is 17.6. The van der Waals surface area contributed by atoms with E-state index < -0.39 is 28.5 Å². The lowest BCUT2D eigenvalue weighted by atomic mass is 10.1. The van der Waals surface area contributed by atoms with Gasteiger partial charge in [-0.25, -0.2) is 13.2 Å². The highest BCUT2D eigenvalue weighted by Gasteiger charge is 2.20. The molecule has 11 heteroatoms. The average molecular weight is 529 g/mol. The first-order valence-electron chi connectivity index (χ1n) is 11.0. The molecule has 1 amide bonds. The molecule has 3 aromatic rings. The second-order valence-electron chi connectivity index (χ2n) is 8.03. The highest BCUT2D eigenvalue weighted by Crippen LogP contribution is 2.33. The number of aryl methyl sites for hydroxylation is 2. The van der Waals surface area contributed by atoms with Crippen LogP contribution in [0.5, 0.6) is 17.2 Å². The number of carbonyl (C=O) groups excluding carboxylic acids is 2. The summed E-state index contributed by atoms with van der Waals surface area (Å²) < 4.78 is 48.7.